The Bertz CT molecular complexity index is 558. The van der Waals surface area contributed by atoms with Crippen LogP contribution in [0.5, 0.6) is 0 Å². The van der Waals surface area contributed by atoms with Crippen LogP contribution < -0.4 is 5.32 Å². The standard InChI is InChI=1S/C15H19N3S/c1-19-15-8-4-7-14(15)17-10-11-9-16-12-5-2-3-6-13(12)18-11/h2-3,5-6,9,14-15,17H,4,7-8,10H2,1H3. The zero-order chi connectivity index (χ0) is 13.1. The first-order chi connectivity index (χ1) is 9.36. The second-order valence-corrected chi connectivity index (χ2v) is 6.12. The maximum atomic E-state index is 4.66. The van der Waals surface area contributed by atoms with Gasteiger partial charge in [-0.3, -0.25) is 4.98 Å². The minimum Gasteiger partial charge on any atom is -0.307 e. The highest BCUT2D eigenvalue weighted by atomic mass is 32.2. The Labute approximate surface area is 118 Å². The lowest BCUT2D eigenvalue weighted by molar-refractivity contribution is 0.527. The fourth-order valence-electron chi connectivity index (χ4n) is 2.76. The first-order valence-corrected chi connectivity index (χ1v) is 8.12. The van der Waals surface area contributed by atoms with E-state index in [1.165, 1.54) is 19.3 Å². The van der Waals surface area contributed by atoms with Gasteiger partial charge in [0.15, 0.2) is 0 Å². The molecular formula is C15H19N3S. The molecule has 1 heterocycles. The van der Waals surface area contributed by atoms with Crippen LogP contribution in [0, 0.1) is 0 Å². The van der Waals surface area contributed by atoms with E-state index in [4.69, 9.17) is 0 Å². The molecule has 2 aromatic rings. The van der Waals surface area contributed by atoms with E-state index in [2.05, 4.69) is 21.5 Å². The number of thioether (sulfide) groups is 1. The van der Waals surface area contributed by atoms with Gasteiger partial charge in [-0.25, -0.2) is 4.98 Å². The number of hydrogen-bond acceptors (Lipinski definition) is 4. The number of nitrogens with zero attached hydrogens (tertiary/aromatic N) is 2. The molecule has 1 N–H and O–H groups in total. The number of fused-ring (bicyclic) bond motifs is 1. The average Bonchev–Trinajstić information content (AvgIpc) is 2.92. The van der Waals surface area contributed by atoms with E-state index in [0.717, 1.165) is 28.5 Å². The SMILES string of the molecule is CSC1CCCC1NCc1cnc2ccccc2n1. The molecule has 1 aliphatic carbocycles. The van der Waals surface area contributed by atoms with E-state index >= 15 is 0 Å². The van der Waals surface area contributed by atoms with Crippen LogP contribution in [0.15, 0.2) is 30.5 Å². The molecule has 1 saturated carbocycles. The zero-order valence-electron chi connectivity index (χ0n) is 11.2. The van der Waals surface area contributed by atoms with Gasteiger partial charge < -0.3 is 5.32 Å². The summed E-state index contributed by atoms with van der Waals surface area (Å²) in [6.45, 7) is 0.819. The van der Waals surface area contributed by atoms with Crippen molar-refractivity contribution in [1.29, 1.82) is 0 Å². The number of para-hydroxylation sites is 2. The van der Waals surface area contributed by atoms with Crippen LogP contribution in [0.2, 0.25) is 0 Å². The number of benzene rings is 1. The molecule has 1 aliphatic rings. The maximum Gasteiger partial charge on any atom is 0.0890 e. The van der Waals surface area contributed by atoms with Crippen LogP contribution >= 0.6 is 11.8 Å². The summed E-state index contributed by atoms with van der Waals surface area (Å²) in [6.07, 6.45) is 8.06. The third-order valence-electron chi connectivity index (χ3n) is 3.80. The molecule has 1 aromatic carbocycles. The topological polar surface area (TPSA) is 37.8 Å². The molecule has 0 saturated heterocycles. The molecule has 100 valence electrons. The molecule has 0 amide bonds. The van der Waals surface area contributed by atoms with E-state index in [9.17, 15) is 0 Å². The van der Waals surface area contributed by atoms with E-state index in [0.29, 0.717) is 6.04 Å². The van der Waals surface area contributed by atoms with Crippen LogP contribution in [-0.4, -0.2) is 27.5 Å². The van der Waals surface area contributed by atoms with Crippen molar-refractivity contribution >= 4 is 22.8 Å². The molecule has 3 nitrogen and oxygen atoms in total. The van der Waals surface area contributed by atoms with Crippen molar-refractivity contribution in [2.75, 3.05) is 6.26 Å². The van der Waals surface area contributed by atoms with Gasteiger partial charge in [-0.05, 0) is 31.2 Å². The molecule has 3 rings (SSSR count). The van der Waals surface area contributed by atoms with Gasteiger partial charge in [-0.2, -0.15) is 11.8 Å². The molecule has 1 fully saturated rings. The van der Waals surface area contributed by atoms with Crippen molar-refractivity contribution in [3.63, 3.8) is 0 Å². The van der Waals surface area contributed by atoms with Gasteiger partial charge in [0.1, 0.15) is 0 Å². The van der Waals surface area contributed by atoms with Crippen molar-refractivity contribution in [3.8, 4) is 0 Å². The van der Waals surface area contributed by atoms with Crippen molar-refractivity contribution in [1.82, 2.24) is 15.3 Å². The average molecular weight is 273 g/mol. The number of hydrogen-bond donors (Lipinski definition) is 1. The Morgan fingerprint density at radius 2 is 2.11 bits per heavy atom. The van der Waals surface area contributed by atoms with Crippen LogP contribution in [-0.2, 0) is 6.54 Å². The first kappa shape index (κ1) is 12.9. The third-order valence-corrected chi connectivity index (χ3v) is 4.97. The Hall–Kier alpha value is -1.13. The Morgan fingerprint density at radius 1 is 1.26 bits per heavy atom. The first-order valence-electron chi connectivity index (χ1n) is 6.83. The Kier molecular flexibility index (Phi) is 3.99. The summed E-state index contributed by atoms with van der Waals surface area (Å²) in [7, 11) is 0. The van der Waals surface area contributed by atoms with Crippen molar-refractivity contribution < 1.29 is 0 Å². The number of nitrogens with one attached hydrogen (secondary N) is 1. The van der Waals surface area contributed by atoms with E-state index in [1.54, 1.807) is 0 Å². The van der Waals surface area contributed by atoms with Crippen LogP contribution in [0.4, 0.5) is 0 Å². The Balaban J connectivity index is 1.68. The second kappa shape index (κ2) is 5.88. The number of aromatic nitrogens is 2. The van der Waals surface area contributed by atoms with Gasteiger partial charge in [0, 0.05) is 17.8 Å². The van der Waals surface area contributed by atoms with Gasteiger partial charge in [-0.1, -0.05) is 18.6 Å². The van der Waals surface area contributed by atoms with Crippen LogP contribution in [0.1, 0.15) is 25.0 Å². The zero-order valence-corrected chi connectivity index (χ0v) is 12.0. The summed E-state index contributed by atoms with van der Waals surface area (Å²) >= 11 is 1.98. The largest absolute Gasteiger partial charge is 0.307 e. The molecule has 0 radical (unpaired) electrons. The lowest BCUT2D eigenvalue weighted by Crippen LogP contribution is -2.33. The third kappa shape index (κ3) is 2.90. The lowest BCUT2D eigenvalue weighted by Gasteiger charge is -2.18. The van der Waals surface area contributed by atoms with Gasteiger partial charge >= 0.3 is 0 Å². The lowest BCUT2D eigenvalue weighted by atomic mass is 10.2. The molecule has 0 bridgehead atoms. The van der Waals surface area contributed by atoms with E-state index in [-0.39, 0.29) is 0 Å². The van der Waals surface area contributed by atoms with Gasteiger partial charge in [0.25, 0.3) is 0 Å². The fraction of sp³-hybridized carbons (Fsp3) is 0.467. The summed E-state index contributed by atoms with van der Waals surface area (Å²) in [6, 6.07) is 8.65. The van der Waals surface area contributed by atoms with E-state index < -0.39 is 0 Å². The summed E-state index contributed by atoms with van der Waals surface area (Å²) in [5.41, 5.74) is 2.98. The molecule has 19 heavy (non-hydrogen) atoms. The molecule has 4 heteroatoms. The number of rotatable bonds is 4. The molecular weight excluding hydrogens is 254 g/mol. The second-order valence-electron chi connectivity index (χ2n) is 5.04. The normalized spacial score (nSPS) is 23.0. The van der Waals surface area contributed by atoms with Gasteiger partial charge in [0.2, 0.25) is 0 Å². The molecule has 2 unspecified atom stereocenters. The predicted octanol–water partition coefficient (Wildman–Crippen LogP) is 3.00. The van der Waals surface area contributed by atoms with Crippen LogP contribution in [0.3, 0.4) is 0 Å². The molecule has 2 atom stereocenters. The molecule has 1 aromatic heterocycles. The summed E-state index contributed by atoms with van der Waals surface area (Å²) in [4.78, 5) is 9.11. The maximum absolute atomic E-state index is 4.66. The van der Waals surface area contributed by atoms with E-state index in [1.807, 2.05) is 42.2 Å². The van der Waals surface area contributed by atoms with Gasteiger partial charge in [0.05, 0.1) is 22.9 Å². The minimum absolute atomic E-state index is 0.628. The summed E-state index contributed by atoms with van der Waals surface area (Å²) in [5.74, 6) is 0. The quantitative estimate of drug-likeness (QED) is 0.929. The summed E-state index contributed by atoms with van der Waals surface area (Å²) in [5, 5.41) is 4.40. The highest BCUT2D eigenvalue weighted by Gasteiger charge is 2.25. The van der Waals surface area contributed by atoms with Crippen molar-refractivity contribution in [2.45, 2.75) is 37.1 Å². The smallest absolute Gasteiger partial charge is 0.0890 e. The van der Waals surface area contributed by atoms with Crippen LogP contribution in [0.25, 0.3) is 11.0 Å². The fourth-order valence-corrected chi connectivity index (χ4v) is 3.72. The monoisotopic (exact) mass is 273 g/mol. The Morgan fingerprint density at radius 3 is 2.95 bits per heavy atom. The molecule has 0 aliphatic heterocycles. The highest BCUT2D eigenvalue weighted by Crippen LogP contribution is 2.28. The predicted molar refractivity (Wildman–Crippen MR) is 81.3 cm³/mol. The van der Waals surface area contributed by atoms with Crippen molar-refractivity contribution in [2.24, 2.45) is 0 Å². The highest BCUT2D eigenvalue weighted by molar-refractivity contribution is 7.99. The summed E-state index contributed by atoms with van der Waals surface area (Å²) < 4.78 is 0. The minimum atomic E-state index is 0.628. The molecule has 0 spiro atoms. The van der Waals surface area contributed by atoms with Gasteiger partial charge in [-0.15, -0.1) is 0 Å². The van der Waals surface area contributed by atoms with Crippen molar-refractivity contribution in [3.05, 3.63) is 36.2 Å².